The van der Waals surface area contributed by atoms with Gasteiger partial charge in [0.2, 0.25) is 5.88 Å². The number of halogens is 5. The molecule has 18 heteroatoms. The first-order valence-electron chi connectivity index (χ1n) is 18.3. The number of methoxy groups -OCH3 is 2. The van der Waals surface area contributed by atoms with Crippen LogP contribution in [0.1, 0.15) is 57.5 Å². The van der Waals surface area contributed by atoms with Crippen LogP contribution in [0.2, 0.25) is 20.4 Å². The van der Waals surface area contributed by atoms with Crippen molar-refractivity contribution in [3.05, 3.63) is 176 Å². The maximum absolute atomic E-state index is 8.66. The number of hydrogen-bond donors (Lipinski definition) is 3. The number of aliphatic hydroxyl groups excluding tert-OH is 1. The Morgan fingerprint density at radius 3 is 1.24 bits per heavy atom. The lowest BCUT2D eigenvalue weighted by atomic mass is 10.2. The highest BCUT2D eigenvalue weighted by atomic mass is 35.5. The molecule has 5 heterocycles. The van der Waals surface area contributed by atoms with E-state index in [2.05, 4.69) is 24.9 Å². The molecule has 7 rings (SSSR count). The van der Waals surface area contributed by atoms with Gasteiger partial charge in [-0.1, -0.05) is 113 Å². The summed E-state index contributed by atoms with van der Waals surface area (Å²) in [5.41, 5.74) is 16.1. The van der Waals surface area contributed by atoms with Crippen LogP contribution in [0, 0.1) is 0 Å². The van der Waals surface area contributed by atoms with Gasteiger partial charge in [0, 0.05) is 66.2 Å². The lowest BCUT2D eigenvalue weighted by Gasteiger charge is -2.09. The number of rotatable bonds is 13. The summed E-state index contributed by atoms with van der Waals surface area (Å²) in [4.78, 5) is 19.9. The van der Waals surface area contributed by atoms with Gasteiger partial charge in [0.05, 0.1) is 30.9 Å². The molecular formula is C48H58Cl5N7O6. The van der Waals surface area contributed by atoms with Crippen molar-refractivity contribution in [3.63, 3.8) is 0 Å². The largest absolute Gasteiger partial charge is 0.497 e. The number of pyridine rings is 5. The molecule has 0 atom stereocenters. The molecule has 0 aliphatic heterocycles. The smallest absolute Gasteiger partial charge is 0.213 e. The standard InChI is InChI=1S/C19H18ClN3O3.C11H9Cl2N3O.C8H10O2.C6H5Cl2N.4CH4/c1-24-16-5-2-13(3-6-16)11-26-18-7-4-14(9-22-18)12-25-17-8-15(20)10-23-19(17)21;12-8-3-9(11(14)16-5-8)17-6-7-1-2-10(13)15-4-7;1-10-8-4-2-7(6-9)3-5-8;7-3-5-1-2-6(8)9-4-5;;;;/h2-10H,11-12H2,1H3,(H2,21,23);1-5H,6H2,(H2,14,16);2-5,9H,6H2,1H3;1-2,4H,3H2;4*1H4. The molecule has 0 amide bonds. The molecular weight excluding hydrogens is 948 g/mol. The van der Waals surface area contributed by atoms with E-state index in [4.69, 9.17) is 98.3 Å². The third-order valence-electron chi connectivity index (χ3n) is 7.90. The van der Waals surface area contributed by atoms with Crippen LogP contribution in [0.25, 0.3) is 0 Å². The minimum absolute atomic E-state index is 0. The van der Waals surface area contributed by atoms with Crippen molar-refractivity contribution in [2.45, 2.75) is 62.0 Å². The fourth-order valence-corrected chi connectivity index (χ4v) is 5.26. The number of benzene rings is 2. The van der Waals surface area contributed by atoms with Crippen LogP contribution in [-0.4, -0.2) is 44.2 Å². The number of aromatic nitrogens is 5. The normalized spacial score (nSPS) is 9.45. The van der Waals surface area contributed by atoms with Crippen molar-refractivity contribution >= 4 is 69.6 Å². The summed E-state index contributed by atoms with van der Waals surface area (Å²) >= 11 is 28.4. The van der Waals surface area contributed by atoms with Gasteiger partial charge in [-0.2, -0.15) is 0 Å². The summed E-state index contributed by atoms with van der Waals surface area (Å²) in [5.74, 6) is 4.14. The predicted molar refractivity (Wildman–Crippen MR) is 271 cm³/mol. The summed E-state index contributed by atoms with van der Waals surface area (Å²) in [5, 5.41) is 10.5. The van der Waals surface area contributed by atoms with Crippen molar-refractivity contribution in [1.29, 1.82) is 0 Å². The molecule has 0 fully saturated rings. The van der Waals surface area contributed by atoms with Crippen LogP contribution in [0.5, 0.6) is 28.9 Å². The molecule has 66 heavy (non-hydrogen) atoms. The second kappa shape index (κ2) is 32.8. The third kappa shape index (κ3) is 21.9. The summed E-state index contributed by atoms with van der Waals surface area (Å²) < 4.78 is 26.9. The average Bonchev–Trinajstić information content (AvgIpc) is 3.31. The number of ether oxygens (including phenoxy) is 5. The van der Waals surface area contributed by atoms with E-state index >= 15 is 0 Å². The Hall–Kier alpha value is -5.80. The number of anilines is 2. The van der Waals surface area contributed by atoms with E-state index in [0.29, 0.717) is 75.1 Å². The zero-order chi connectivity index (χ0) is 44.7. The van der Waals surface area contributed by atoms with Gasteiger partial charge in [-0.25, -0.2) is 24.9 Å². The van der Waals surface area contributed by atoms with Crippen molar-refractivity contribution < 1.29 is 28.8 Å². The molecule has 5 aromatic heterocycles. The molecule has 0 saturated heterocycles. The highest BCUT2D eigenvalue weighted by molar-refractivity contribution is 6.31. The van der Waals surface area contributed by atoms with E-state index < -0.39 is 0 Å². The first-order valence-corrected chi connectivity index (χ1v) is 20.3. The molecule has 7 aromatic rings. The SMILES string of the molecule is C.C.C.C.COc1ccc(CO)cc1.COc1ccc(COc2ccc(COc3cc(Cl)cnc3N)cn2)cc1.ClCc1ccc(Cl)nc1.Nc1ncc(Cl)cc1OCc1ccc(Cl)nc1. The maximum Gasteiger partial charge on any atom is 0.213 e. The zero-order valence-corrected chi connectivity index (χ0v) is 37.2. The van der Waals surface area contributed by atoms with E-state index in [9.17, 15) is 0 Å². The number of nitrogens with zero attached hydrogens (tertiary/aromatic N) is 5. The van der Waals surface area contributed by atoms with E-state index in [0.717, 1.165) is 39.3 Å². The Kier molecular flexibility index (Phi) is 29.9. The maximum atomic E-state index is 8.66. The van der Waals surface area contributed by atoms with Gasteiger partial charge in [0.25, 0.3) is 0 Å². The van der Waals surface area contributed by atoms with Crippen LogP contribution >= 0.6 is 58.0 Å². The van der Waals surface area contributed by atoms with Gasteiger partial charge >= 0.3 is 0 Å². The summed E-state index contributed by atoms with van der Waals surface area (Å²) in [6.07, 6.45) is 7.93. The zero-order valence-electron chi connectivity index (χ0n) is 33.4. The van der Waals surface area contributed by atoms with E-state index in [-0.39, 0.29) is 36.3 Å². The second-order valence-electron chi connectivity index (χ2n) is 12.4. The van der Waals surface area contributed by atoms with Crippen LogP contribution < -0.4 is 35.2 Å². The van der Waals surface area contributed by atoms with Crippen molar-refractivity contribution in [3.8, 4) is 28.9 Å². The van der Waals surface area contributed by atoms with E-state index in [1.54, 1.807) is 63.1 Å². The topological polar surface area (TPSA) is 183 Å². The Balaban J connectivity index is 0.000000912. The summed E-state index contributed by atoms with van der Waals surface area (Å²) in [7, 11) is 3.26. The number of hydrogen-bond acceptors (Lipinski definition) is 13. The quantitative estimate of drug-likeness (QED) is 0.0733. The van der Waals surface area contributed by atoms with Gasteiger partial charge in [-0.05, 0) is 59.2 Å². The highest BCUT2D eigenvalue weighted by Gasteiger charge is 2.06. The molecule has 5 N–H and O–H groups in total. The predicted octanol–water partition coefficient (Wildman–Crippen LogP) is 13.0. The van der Waals surface area contributed by atoms with Gasteiger partial charge in [0.15, 0.2) is 23.1 Å². The molecule has 2 aromatic carbocycles. The average molecular weight is 1010 g/mol. The van der Waals surface area contributed by atoms with Crippen molar-refractivity contribution in [1.82, 2.24) is 24.9 Å². The minimum atomic E-state index is 0. The fourth-order valence-electron chi connectivity index (χ4n) is 4.58. The van der Waals surface area contributed by atoms with Crippen LogP contribution in [0.15, 0.2) is 128 Å². The van der Waals surface area contributed by atoms with Gasteiger partial charge in [0.1, 0.15) is 41.6 Å². The van der Waals surface area contributed by atoms with Crippen molar-refractivity contribution in [2.24, 2.45) is 0 Å². The Morgan fingerprint density at radius 1 is 0.470 bits per heavy atom. The van der Waals surface area contributed by atoms with Crippen LogP contribution in [0.3, 0.4) is 0 Å². The molecule has 356 valence electrons. The van der Waals surface area contributed by atoms with Gasteiger partial charge < -0.3 is 40.3 Å². The Bertz CT molecular complexity index is 2350. The highest BCUT2D eigenvalue weighted by Crippen LogP contribution is 2.25. The van der Waals surface area contributed by atoms with Crippen LogP contribution in [0.4, 0.5) is 11.6 Å². The Labute approximate surface area is 413 Å². The lowest BCUT2D eigenvalue weighted by Crippen LogP contribution is -2.02. The van der Waals surface area contributed by atoms with Crippen molar-refractivity contribution in [2.75, 3.05) is 25.7 Å². The number of aliphatic hydroxyl groups is 1. The monoisotopic (exact) mass is 1000 g/mol. The van der Waals surface area contributed by atoms with Gasteiger partial charge in [-0.3, -0.25) is 0 Å². The van der Waals surface area contributed by atoms with E-state index in [1.165, 1.54) is 12.4 Å². The van der Waals surface area contributed by atoms with E-state index in [1.807, 2.05) is 66.7 Å². The summed E-state index contributed by atoms with van der Waals surface area (Å²) in [6, 6.07) is 29.0. The lowest BCUT2D eigenvalue weighted by molar-refractivity contribution is 0.281. The molecule has 13 nitrogen and oxygen atoms in total. The molecule has 0 radical (unpaired) electrons. The van der Waals surface area contributed by atoms with Crippen LogP contribution in [-0.2, 0) is 32.3 Å². The molecule has 0 saturated carbocycles. The number of nitrogens with two attached hydrogens (primary N) is 2. The third-order valence-corrected chi connectivity index (χ3v) is 9.07. The number of alkyl halides is 1. The molecule has 0 spiro atoms. The molecule has 0 aliphatic carbocycles. The first kappa shape index (κ1) is 60.2. The molecule has 0 bridgehead atoms. The Morgan fingerprint density at radius 2 is 0.864 bits per heavy atom. The molecule has 0 aliphatic rings. The van der Waals surface area contributed by atoms with Gasteiger partial charge in [-0.15, -0.1) is 11.6 Å². The second-order valence-corrected chi connectivity index (χ2v) is 14.3. The molecule has 0 unspecified atom stereocenters. The fraction of sp³-hybridized carbons (Fsp3) is 0.229. The first-order chi connectivity index (χ1) is 30.0. The summed E-state index contributed by atoms with van der Waals surface area (Å²) in [6.45, 7) is 1.15. The minimum Gasteiger partial charge on any atom is -0.497 e. The number of nitrogen functional groups attached to an aromatic ring is 2.